The van der Waals surface area contributed by atoms with Crippen LogP contribution in [-0.2, 0) is 4.79 Å². The molecule has 32 heavy (non-hydrogen) atoms. The number of rotatable bonds is 6. The van der Waals surface area contributed by atoms with Crippen molar-refractivity contribution in [3.05, 3.63) is 87.9 Å². The van der Waals surface area contributed by atoms with Gasteiger partial charge in [-0.05, 0) is 19.1 Å². The Bertz CT molecular complexity index is 1190. The van der Waals surface area contributed by atoms with Crippen molar-refractivity contribution in [3.8, 4) is 22.6 Å². The van der Waals surface area contributed by atoms with Crippen molar-refractivity contribution in [1.29, 1.82) is 0 Å². The molecule has 1 amide bonds. The minimum Gasteiger partial charge on any atom is -0.431 e. The second-order valence-corrected chi connectivity index (χ2v) is 9.40. The molecule has 0 saturated carbocycles. The van der Waals surface area contributed by atoms with Crippen molar-refractivity contribution >= 4 is 58.2 Å². The lowest BCUT2D eigenvalue weighted by atomic mass is 10.1. The number of aromatic nitrogens is 1. The Balaban J connectivity index is 1.58. The Labute approximate surface area is 204 Å². The summed E-state index contributed by atoms with van der Waals surface area (Å²) >= 11 is 19.4. The molecule has 0 aliphatic heterocycles. The van der Waals surface area contributed by atoms with Crippen molar-refractivity contribution in [2.24, 2.45) is 0 Å². The lowest BCUT2D eigenvalue weighted by molar-refractivity contribution is -0.115. The van der Waals surface area contributed by atoms with Crippen LogP contribution in [0.25, 0.3) is 22.6 Å². The average Bonchev–Trinajstić information content (AvgIpc) is 3.22. The van der Waals surface area contributed by atoms with Crippen molar-refractivity contribution in [1.82, 2.24) is 4.98 Å². The molecule has 8 heteroatoms. The maximum atomic E-state index is 12.8. The van der Waals surface area contributed by atoms with Gasteiger partial charge in [0.1, 0.15) is 5.69 Å². The summed E-state index contributed by atoms with van der Waals surface area (Å²) in [5.41, 5.74) is 2.95. The number of thioether (sulfide) groups is 1. The van der Waals surface area contributed by atoms with E-state index in [9.17, 15) is 4.79 Å². The van der Waals surface area contributed by atoms with Gasteiger partial charge in [0, 0.05) is 11.1 Å². The van der Waals surface area contributed by atoms with Crippen LogP contribution >= 0.6 is 46.6 Å². The molecule has 0 radical (unpaired) electrons. The van der Waals surface area contributed by atoms with Gasteiger partial charge in [0.05, 0.1) is 26.0 Å². The van der Waals surface area contributed by atoms with Crippen LogP contribution in [0, 0.1) is 0 Å². The molecule has 4 rings (SSSR count). The fourth-order valence-corrected chi connectivity index (χ4v) is 4.32. The number of oxazole rings is 1. The van der Waals surface area contributed by atoms with Crippen LogP contribution in [0.1, 0.15) is 6.92 Å². The van der Waals surface area contributed by atoms with Crippen LogP contribution in [-0.4, -0.2) is 16.1 Å². The molecule has 4 nitrogen and oxygen atoms in total. The maximum Gasteiger partial charge on any atom is 0.257 e. The van der Waals surface area contributed by atoms with Gasteiger partial charge in [0.25, 0.3) is 5.22 Å². The average molecular weight is 504 g/mol. The van der Waals surface area contributed by atoms with Crippen LogP contribution in [0.2, 0.25) is 15.1 Å². The molecule has 0 spiro atoms. The van der Waals surface area contributed by atoms with E-state index in [1.54, 1.807) is 6.92 Å². The molecule has 3 aromatic carbocycles. The molecule has 162 valence electrons. The first kappa shape index (κ1) is 22.7. The van der Waals surface area contributed by atoms with Crippen molar-refractivity contribution in [2.75, 3.05) is 5.32 Å². The predicted octanol–water partition coefficient (Wildman–Crippen LogP) is 8.09. The minimum absolute atomic E-state index is 0.268. The summed E-state index contributed by atoms with van der Waals surface area (Å²) in [5, 5.41) is 3.59. The van der Waals surface area contributed by atoms with Gasteiger partial charge in [-0.25, -0.2) is 4.98 Å². The number of hydrogen-bond donors (Lipinski definition) is 1. The Hall–Kier alpha value is -2.44. The molecule has 0 aliphatic rings. The quantitative estimate of drug-likeness (QED) is 0.213. The van der Waals surface area contributed by atoms with E-state index in [0.29, 0.717) is 31.7 Å². The van der Waals surface area contributed by atoms with Crippen LogP contribution < -0.4 is 5.32 Å². The smallest absolute Gasteiger partial charge is 0.257 e. The number of nitrogens with one attached hydrogen (secondary N) is 1. The SMILES string of the molecule is CC(Sc1nc(-c2ccccc2)c(-c2ccccc2)o1)C(=O)Nc1cc(Cl)c(Cl)cc1Cl. The summed E-state index contributed by atoms with van der Waals surface area (Å²) in [6.45, 7) is 1.76. The molecular formula is C24H17Cl3N2O2S. The number of carbonyl (C=O) groups excluding carboxylic acids is 1. The fraction of sp³-hybridized carbons (Fsp3) is 0.0833. The van der Waals surface area contributed by atoms with E-state index in [2.05, 4.69) is 10.3 Å². The predicted molar refractivity (Wildman–Crippen MR) is 133 cm³/mol. The normalized spacial score (nSPS) is 11.9. The summed E-state index contributed by atoms with van der Waals surface area (Å²) in [4.78, 5) is 17.4. The lowest BCUT2D eigenvalue weighted by Gasteiger charge is -2.12. The molecule has 0 fully saturated rings. The highest BCUT2D eigenvalue weighted by Gasteiger charge is 2.22. The van der Waals surface area contributed by atoms with E-state index in [0.717, 1.165) is 16.8 Å². The lowest BCUT2D eigenvalue weighted by Crippen LogP contribution is -2.22. The third kappa shape index (κ3) is 5.13. The highest BCUT2D eigenvalue weighted by Crippen LogP contribution is 2.37. The topological polar surface area (TPSA) is 55.1 Å². The van der Waals surface area contributed by atoms with Gasteiger partial charge >= 0.3 is 0 Å². The number of carbonyl (C=O) groups is 1. The van der Waals surface area contributed by atoms with Crippen LogP contribution in [0.5, 0.6) is 0 Å². The van der Waals surface area contributed by atoms with Gasteiger partial charge in [-0.15, -0.1) is 0 Å². The summed E-state index contributed by atoms with van der Waals surface area (Å²) in [7, 11) is 0. The van der Waals surface area contributed by atoms with Gasteiger partial charge in [-0.3, -0.25) is 4.79 Å². The van der Waals surface area contributed by atoms with Gasteiger partial charge < -0.3 is 9.73 Å². The number of halogens is 3. The minimum atomic E-state index is -0.508. The van der Waals surface area contributed by atoms with Gasteiger partial charge in [0.15, 0.2) is 5.76 Å². The molecule has 4 aromatic rings. The molecule has 1 heterocycles. The molecule has 1 atom stereocenters. The summed E-state index contributed by atoms with van der Waals surface area (Å²) in [6.07, 6.45) is 0. The first-order valence-corrected chi connectivity index (χ1v) is 11.7. The molecule has 0 bridgehead atoms. The van der Waals surface area contributed by atoms with Crippen LogP contribution in [0.15, 0.2) is 82.4 Å². The zero-order chi connectivity index (χ0) is 22.7. The Morgan fingerprint density at radius 1 is 0.906 bits per heavy atom. The van der Waals surface area contributed by atoms with Gasteiger partial charge in [-0.2, -0.15) is 0 Å². The molecule has 0 aliphatic carbocycles. The molecule has 1 unspecified atom stereocenters. The monoisotopic (exact) mass is 502 g/mol. The number of nitrogens with zero attached hydrogens (tertiary/aromatic N) is 1. The molecule has 1 aromatic heterocycles. The summed E-state index contributed by atoms with van der Waals surface area (Å²) in [6, 6.07) is 22.5. The highest BCUT2D eigenvalue weighted by atomic mass is 35.5. The fourth-order valence-electron chi connectivity index (χ4n) is 2.99. The van der Waals surface area contributed by atoms with E-state index in [-0.39, 0.29) is 5.91 Å². The number of amides is 1. The zero-order valence-electron chi connectivity index (χ0n) is 16.8. The van der Waals surface area contributed by atoms with Gasteiger partial charge in [-0.1, -0.05) is 107 Å². The second kappa shape index (κ2) is 10.0. The largest absolute Gasteiger partial charge is 0.431 e. The zero-order valence-corrected chi connectivity index (χ0v) is 19.9. The summed E-state index contributed by atoms with van der Waals surface area (Å²) < 4.78 is 6.09. The van der Waals surface area contributed by atoms with Crippen molar-refractivity contribution in [2.45, 2.75) is 17.4 Å². The van der Waals surface area contributed by atoms with E-state index in [4.69, 9.17) is 39.2 Å². The van der Waals surface area contributed by atoms with E-state index in [1.807, 2.05) is 60.7 Å². The number of benzene rings is 3. The van der Waals surface area contributed by atoms with E-state index < -0.39 is 5.25 Å². The third-order valence-corrected chi connectivity index (χ3v) is 6.58. The van der Waals surface area contributed by atoms with Crippen molar-refractivity contribution in [3.63, 3.8) is 0 Å². The Kier molecular flexibility index (Phi) is 7.11. The molecular weight excluding hydrogens is 487 g/mol. The molecule has 1 N–H and O–H groups in total. The highest BCUT2D eigenvalue weighted by molar-refractivity contribution is 8.00. The van der Waals surface area contributed by atoms with Crippen LogP contribution in [0.3, 0.4) is 0 Å². The molecule has 0 saturated heterocycles. The third-order valence-electron chi connectivity index (χ3n) is 4.61. The summed E-state index contributed by atoms with van der Waals surface area (Å²) in [5.74, 6) is 0.385. The van der Waals surface area contributed by atoms with Crippen molar-refractivity contribution < 1.29 is 9.21 Å². The van der Waals surface area contributed by atoms with E-state index >= 15 is 0 Å². The standard InChI is InChI=1S/C24H17Cl3N2O2S/c1-14(23(30)28-20-13-18(26)17(25)12-19(20)27)32-24-29-21(15-8-4-2-5-9-15)22(31-24)16-10-6-3-7-11-16/h2-14H,1H3,(H,28,30). The van der Waals surface area contributed by atoms with Gasteiger partial charge in [0.2, 0.25) is 5.91 Å². The number of hydrogen-bond acceptors (Lipinski definition) is 4. The first-order chi connectivity index (χ1) is 15.4. The first-order valence-electron chi connectivity index (χ1n) is 9.66. The van der Waals surface area contributed by atoms with Crippen LogP contribution in [0.4, 0.5) is 5.69 Å². The second-order valence-electron chi connectivity index (χ2n) is 6.89. The Morgan fingerprint density at radius 3 is 2.16 bits per heavy atom. The Morgan fingerprint density at radius 2 is 1.50 bits per heavy atom. The number of anilines is 1. The van der Waals surface area contributed by atoms with E-state index in [1.165, 1.54) is 23.9 Å². The maximum absolute atomic E-state index is 12.8.